The molecule has 2 atom stereocenters. The molecular formula is C16H16F3N3O2. The molecule has 0 saturated carbocycles. The molecule has 1 aliphatic rings. The highest BCUT2D eigenvalue weighted by Gasteiger charge is 2.42. The number of alkyl halides is 3. The van der Waals surface area contributed by atoms with Crippen LogP contribution in [0, 0.1) is 6.92 Å². The van der Waals surface area contributed by atoms with Gasteiger partial charge in [-0.25, -0.2) is 0 Å². The second kappa shape index (κ2) is 6.26. The number of amides is 1. The fourth-order valence-electron chi connectivity index (χ4n) is 3.04. The Morgan fingerprint density at radius 1 is 1.25 bits per heavy atom. The molecule has 0 spiro atoms. The van der Waals surface area contributed by atoms with Crippen molar-refractivity contribution in [2.75, 3.05) is 13.1 Å². The highest BCUT2D eigenvalue weighted by atomic mass is 19.4. The zero-order valence-electron chi connectivity index (χ0n) is 13.0. The molecule has 2 aromatic rings. The molecule has 2 unspecified atom stereocenters. The topological polar surface area (TPSA) is 59.2 Å². The number of aryl methyl sites for hydroxylation is 1. The van der Waals surface area contributed by atoms with Crippen LogP contribution in [0.4, 0.5) is 13.2 Å². The zero-order valence-corrected chi connectivity index (χ0v) is 13.0. The Bertz CT molecular complexity index is 715. The van der Waals surface area contributed by atoms with Gasteiger partial charge in [-0.15, -0.1) is 0 Å². The minimum absolute atomic E-state index is 0.135. The molecule has 128 valence electrons. The minimum Gasteiger partial charge on any atom is -0.341 e. The standard InChI is InChI=1S/C16H16F3N3O2/c1-10-20-15(24-21-10)13-9-22(14(23)7-16(17,18)19)8-12(13)11-5-3-2-4-6-11/h2-6,12-13H,7-9H2,1H3. The lowest BCUT2D eigenvalue weighted by atomic mass is 9.89. The Morgan fingerprint density at radius 3 is 2.50 bits per heavy atom. The van der Waals surface area contributed by atoms with E-state index in [1.165, 1.54) is 4.90 Å². The molecule has 3 rings (SSSR count). The molecule has 1 aromatic carbocycles. The number of carbonyl (C=O) groups excluding carboxylic acids is 1. The highest BCUT2D eigenvalue weighted by Crippen LogP contribution is 2.39. The van der Waals surface area contributed by atoms with E-state index in [-0.39, 0.29) is 24.9 Å². The molecule has 1 fully saturated rings. The number of likely N-dealkylation sites (tertiary alicyclic amines) is 1. The fourth-order valence-corrected chi connectivity index (χ4v) is 3.04. The van der Waals surface area contributed by atoms with Crippen molar-refractivity contribution in [1.82, 2.24) is 15.0 Å². The molecule has 5 nitrogen and oxygen atoms in total. The van der Waals surface area contributed by atoms with Crippen molar-refractivity contribution < 1.29 is 22.5 Å². The number of hydrogen-bond acceptors (Lipinski definition) is 4. The summed E-state index contributed by atoms with van der Waals surface area (Å²) in [6.07, 6.45) is -5.97. The lowest BCUT2D eigenvalue weighted by Gasteiger charge is -2.17. The zero-order chi connectivity index (χ0) is 17.3. The molecule has 1 saturated heterocycles. The van der Waals surface area contributed by atoms with E-state index in [1.807, 2.05) is 30.3 Å². The van der Waals surface area contributed by atoms with Gasteiger partial charge in [0, 0.05) is 19.0 Å². The maximum absolute atomic E-state index is 12.5. The minimum atomic E-state index is -4.52. The van der Waals surface area contributed by atoms with E-state index in [2.05, 4.69) is 10.1 Å². The number of rotatable bonds is 3. The van der Waals surface area contributed by atoms with Crippen LogP contribution >= 0.6 is 0 Å². The first kappa shape index (κ1) is 16.5. The summed E-state index contributed by atoms with van der Waals surface area (Å²) in [5.41, 5.74) is 0.931. The Hall–Kier alpha value is -2.38. The SMILES string of the molecule is Cc1noc(C2CN(C(=O)CC(F)(F)F)CC2c2ccccc2)n1. The molecule has 0 aliphatic carbocycles. The Balaban J connectivity index is 1.86. The molecule has 1 amide bonds. The summed E-state index contributed by atoms with van der Waals surface area (Å²) in [5.74, 6) is -0.614. The third kappa shape index (κ3) is 3.58. The quantitative estimate of drug-likeness (QED) is 0.862. The first-order valence-electron chi connectivity index (χ1n) is 7.53. The van der Waals surface area contributed by atoms with E-state index >= 15 is 0 Å². The predicted octanol–water partition coefficient (Wildman–Crippen LogP) is 3.04. The first-order chi connectivity index (χ1) is 11.3. The number of aromatic nitrogens is 2. The molecular weight excluding hydrogens is 323 g/mol. The number of halogens is 3. The van der Waals surface area contributed by atoms with Gasteiger partial charge in [0.25, 0.3) is 0 Å². The summed E-state index contributed by atoms with van der Waals surface area (Å²) in [7, 11) is 0. The van der Waals surface area contributed by atoms with Crippen LogP contribution in [0.5, 0.6) is 0 Å². The molecule has 1 aromatic heterocycles. The van der Waals surface area contributed by atoms with E-state index in [0.717, 1.165) is 5.56 Å². The van der Waals surface area contributed by atoms with Crippen LogP contribution in [-0.4, -0.2) is 40.2 Å². The number of nitrogens with zero attached hydrogens (tertiary/aromatic N) is 3. The molecule has 2 heterocycles. The summed E-state index contributed by atoms with van der Waals surface area (Å²) in [5, 5.41) is 3.75. The van der Waals surface area contributed by atoms with Crippen molar-refractivity contribution in [1.29, 1.82) is 0 Å². The van der Waals surface area contributed by atoms with E-state index in [1.54, 1.807) is 6.92 Å². The molecule has 1 aliphatic heterocycles. The van der Waals surface area contributed by atoms with Crippen molar-refractivity contribution in [3.63, 3.8) is 0 Å². The monoisotopic (exact) mass is 339 g/mol. The van der Waals surface area contributed by atoms with Crippen molar-refractivity contribution in [3.05, 3.63) is 47.6 Å². The maximum Gasteiger partial charge on any atom is 0.397 e. The van der Waals surface area contributed by atoms with Crippen LogP contribution in [0.2, 0.25) is 0 Å². The molecule has 0 bridgehead atoms. The summed E-state index contributed by atoms with van der Waals surface area (Å²) in [6, 6.07) is 9.34. The third-order valence-electron chi connectivity index (χ3n) is 4.11. The van der Waals surface area contributed by atoms with Crippen molar-refractivity contribution in [2.24, 2.45) is 0 Å². The average molecular weight is 339 g/mol. The van der Waals surface area contributed by atoms with Gasteiger partial charge in [0.2, 0.25) is 11.8 Å². The summed E-state index contributed by atoms with van der Waals surface area (Å²) < 4.78 is 42.8. The third-order valence-corrected chi connectivity index (χ3v) is 4.11. The number of carbonyl (C=O) groups is 1. The van der Waals surface area contributed by atoms with Crippen molar-refractivity contribution in [2.45, 2.75) is 31.4 Å². The molecule has 24 heavy (non-hydrogen) atoms. The second-order valence-electron chi connectivity index (χ2n) is 5.89. The molecule has 8 heteroatoms. The Labute approximate surface area is 136 Å². The average Bonchev–Trinajstić information content (AvgIpc) is 3.12. The van der Waals surface area contributed by atoms with Gasteiger partial charge in [-0.05, 0) is 12.5 Å². The van der Waals surface area contributed by atoms with Gasteiger partial charge in [0.1, 0.15) is 6.42 Å². The fraction of sp³-hybridized carbons (Fsp3) is 0.438. The van der Waals surface area contributed by atoms with Crippen LogP contribution in [0.1, 0.15) is 35.5 Å². The molecule has 0 N–H and O–H groups in total. The normalized spacial score (nSPS) is 21.2. The van der Waals surface area contributed by atoms with Gasteiger partial charge in [-0.1, -0.05) is 35.5 Å². The number of hydrogen-bond donors (Lipinski definition) is 0. The first-order valence-corrected chi connectivity index (χ1v) is 7.53. The summed E-state index contributed by atoms with van der Waals surface area (Å²) >= 11 is 0. The van der Waals surface area contributed by atoms with Crippen LogP contribution in [0.15, 0.2) is 34.9 Å². The van der Waals surface area contributed by atoms with E-state index in [9.17, 15) is 18.0 Å². The smallest absolute Gasteiger partial charge is 0.341 e. The van der Waals surface area contributed by atoms with Crippen LogP contribution in [0.25, 0.3) is 0 Å². The van der Waals surface area contributed by atoms with Crippen LogP contribution in [0.3, 0.4) is 0 Å². The lowest BCUT2D eigenvalue weighted by Crippen LogP contribution is -2.32. The largest absolute Gasteiger partial charge is 0.397 e. The van der Waals surface area contributed by atoms with Gasteiger partial charge in [0.15, 0.2) is 5.82 Å². The molecule has 0 radical (unpaired) electrons. The van der Waals surface area contributed by atoms with Gasteiger partial charge in [-0.2, -0.15) is 18.2 Å². The van der Waals surface area contributed by atoms with E-state index < -0.39 is 18.5 Å². The maximum atomic E-state index is 12.5. The summed E-state index contributed by atoms with van der Waals surface area (Å²) in [4.78, 5) is 17.4. The van der Waals surface area contributed by atoms with Gasteiger partial charge < -0.3 is 9.42 Å². The lowest BCUT2D eigenvalue weighted by molar-refractivity contribution is -0.160. The van der Waals surface area contributed by atoms with Crippen LogP contribution in [-0.2, 0) is 4.79 Å². The van der Waals surface area contributed by atoms with Crippen molar-refractivity contribution in [3.8, 4) is 0 Å². The van der Waals surface area contributed by atoms with E-state index in [0.29, 0.717) is 11.7 Å². The van der Waals surface area contributed by atoms with Crippen LogP contribution < -0.4 is 0 Å². The number of benzene rings is 1. The predicted molar refractivity (Wildman–Crippen MR) is 78.2 cm³/mol. The van der Waals surface area contributed by atoms with Crippen molar-refractivity contribution >= 4 is 5.91 Å². The highest BCUT2D eigenvalue weighted by molar-refractivity contribution is 5.77. The van der Waals surface area contributed by atoms with Gasteiger partial charge >= 0.3 is 6.18 Å². The van der Waals surface area contributed by atoms with E-state index in [4.69, 9.17) is 4.52 Å². The summed E-state index contributed by atoms with van der Waals surface area (Å²) in [6.45, 7) is 2.01. The van der Waals surface area contributed by atoms with Gasteiger partial charge in [-0.3, -0.25) is 4.79 Å². The second-order valence-corrected chi connectivity index (χ2v) is 5.89. The Kier molecular flexibility index (Phi) is 4.29. The van der Waals surface area contributed by atoms with Gasteiger partial charge in [0.05, 0.1) is 5.92 Å². The Morgan fingerprint density at radius 2 is 1.92 bits per heavy atom.